The highest BCUT2D eigenvalue weighted by Crippen LogP contribution is 2.35. The first kappa shape index (κ1) is 37.0. The molecule has 4 rings (SSSR count). The van der Waals surface area contributed by atoms with Gasteiger partial charge in [0, 0.05) is 23.2 Å². The molecule has 0 aliphatic heterocycles. The van der Waals surface area contributed by atoms with Crippen molar-refractivity contribution in [3.05, 3.63) is 47.5 Å². The van der Waals surface area contributed by atoms with E-state index >= 15 is 0 Å². The zero-order valence-corrected chi connectivity index (χ0v) is 29.8. The summed E-state index contributed by atoms with van der Waals surface area (Å²) in [6.45, 7) is 13.5. The van der Waals surface area contributed by atoms with Crippen LogP contribution in [-0.4, -0.2) is 52.3 Å². The van der Waals surface area contributed by atoms with Crippen LogP contribution < -0.4 is 29.6 Å². The Bertz CT molecular complexity index is 1180. The van der Waals surface area contributed by atoms with E-state index in [1.807, 2.05) is 0 Å². The van der Waals surface area contributed by atoms with Gasteiger partial charge in [0.1, 0.15) is 0 Å². The summed E-state index contributed by atoms with van der Waals surface area (Å²) in [5.74, 6) is 5.97. The van der Waals surface area contributed by atoms with Crippen LogP contribution in [0.2, 0.25) is 0 Å². The topological polar surface area (TPSA) is 95.1 Å². The Labute approximate surface area is 277 Å². The smallest absolute Gasteiger partial charge is 0.251 e. The average Bonchev–Trinajstić information content (AvgIpc) is 3.04. The van der Waals surface area contributed by atoms with Gasteiger partial charge in [-0.05, 0) is 97.6 Å². The molecule has 6 atom stereocenters. The molecular formula is C38H58N2O6. The first-order chi connectivity index (χ1) is 21.9. The third-order valence-corrected chi connectivity index (χ3v) is 9.97. The second kappa shape index (κ2) is 17.5. The van der Waals surface area contributed by atoms with E-state index in [2.05, 4.69) is 52.2 Å². The molecule has 256 valence electrons. The molecule has 8 heteroatoms. The lowest BCUT2D eigenvalue weighted by atomic mass is 9.74. The standard InChI is InChI=1S/2C19H29NO3/c2*1-12(2)15-8-6-13(3)10-16(15)20-19(21)14-7-9-17(22-4)18(11-14)23-5/h2*7,9,11-13,15-16H,6,8,10H2,1-5H3,(H,20,21)/t2*13-,15+,16+/m10/s1. The Morgan fingerprint density at radius 1 is 0.587 bits per heavy atom. The molecule has 0 aromatic heterocycles. The van der Waals surface area contributed by atoms with Crippen molar-refractivity contribution in [2.45, 2.75) is 92.2 Å². The molecule has 2 fully saturated rings. The highest BCUT2D eigenvalue weighted by molar-refractivity contribution is 5.95. The van der Waals surface area contributed by atoms with Crippen LogP contribution in [0.5, 0.6) is 23.0 Å². The van der Waals surface area contributed by atoms with Crippen molar-refractivity contribution in [1.29, 1.82) is 0 Å². The first-order valence-electron chi connectivity index (χ1n) is 17.0. The lowest BCUT2D eigenvalue weighted by Crippen LogP contribution is -2.45. The molecule has 2 amide bonds. The van der Waals surface area contributed by atoms with Crippen LogP contribution in [0.3, 0.4) is 0 Å². The van der Waals surface area contributed by atoms with Crippen molar-refractivity contribution < 1.29 is 28.5 Å². The second-order valence-electron chi connectivity index (χ2n) is 14.0. The molecule has 0 radical (unpaired) electrons. The Hall–Kier alpha value is -3.42. The lowest BCUT2D eigenvalue weighted by Gasteiger charge is -2.37. The van der Waals surface area contributed by atoms with E-state index < -0.39 is 0 Å². The van der Waals surface area contributed by atoms with Gasteiger partial charge in [0.05, 0.1) is 28.4 Å². The number of carbonyl (C=O) groups is 2. The third-order valence-electron chi connectivity index (χ3n) is 9.97. The molecule has 0 bridgehead atoms. The third kappa shape index (κ3) is 9.79. The van der Waals surface area contributed by atoms with Gasteiger partial charge in [-0.3, -0.25) is 9.59 Å². The van der Waals surface area contributed by atoms with Gasteiger partial charge < -0.3 is 29.6 Å². The van der Waals surface area contributed by atoms with Crippen molar-refractivity contribution in [1.82, 2.24) is 10.6 Å². The fourth-order valence-electron chi connectivity index (χ4n) is 7.19. The molecule has 2 aliphatic carbocycles. The summed E-state index contributed by atoms with van der Waals surface area (Å²) in [4.78, 5) is 25.3. The number of rotatable bonds is 10. The minimum Gasteiger partial charge on any atom is -0.493 e. The van der Waals surface area contributed by atoms with Crippen molar-refractivity contribution in [2.75, 3.05) is 28.4 Å². The highest BCUT2D eigenvalue weighted by atomic mass is 16.5. The number of carbonyl (C=O) groups excluding carboxylic acids is 2. The number of nitrogens with one attached hydrogen (secondary N) is 2. The number of benzene rings is 2. The molecule has 2 aromatic rings. The Morgan fingerprint density at radius 2 is 0.935 bits per heavy atom. The molecule has 2 N–H and O–H groups in total. The maximum Gasteiger partial charge on any atom is 0.251 e. The molecule has 46 heavy (non-hydrogen) atoms. The van der Waals surface area contributed by atoms with Crippen LogP contribution >= 0.6 is 0 Å². The van der Waals surface area contributed by atoms with E-state index in [4.69, 9.17) is 18.9 Å². The molecule has 0 heterocycles. The number of hydrogen-bond acceptors (Lipinski definition) is 6. The van der Waals surface area contributed by atoms with E-state index in [-0.39, 0.29) is 23.9 Å². The molecule has 2 saturated carbocycles. The Morgan fingerprint density at radius 3 is 1.24 bits per heavy atom. The van der Waals surface area contributed by atoms with Crippen LogP contribution in [0.4, 0.5) is 0 Å². The van der Waals surface area contributed by atoms with Crippen LogP contribution in [-0.2, 0) is 0 Å². The largest absolute Gasteiger partial charge is 0.493 e. The minimum atomic E-state index is -0.0318. The van der Waals surface area contributed by atoms with Crippen LogP contribution in [0.15, 0.2) is 36.4 Å². The van der Waals surface area contributed by atoms with E-state index in [9.17, 15) is 9.59 Å². The van der Waals surface area contributed by atoms with Gasteiger partial charge in [0.2, 0.25) is 0 Å². The quantitative estimate of drug-likeness (QED) is 0.276. The maximum absolute atomic E-state index is 12.6. The number of methoxy groups -OCH3 is 4. The average molecular weight is 639 g/mol. The minimum absolute atomic E-state index is 0.0318. The van der Waals surface area contributed by atoms with Crippen LogP contribution in [0, 0.1) is 35.5 Å². The summed E-state index contributed by atoms with van der Waals surface area (Å²) in [5, 5.41) is 6.50. The van der Waals surface area contributed by atoms with Gasteiger partial charge in [-0.2, -0.15) is 0 Å². The SMILES string of the molecule is COc1ccc(C(=O)N[C@@H]2C[C@@H](C)CC[C@@H]2C(C)C)cc1OC.COc1ccc(C(=O)N[C@H]2C[C@H](C)CC[C@H]2C(C)C)cc1OC. The number of ether oxygens (including phenoxy) is 4. The van der Waals surface area contributed by atoms with E-state index in [1.54, 1.807) is 64.8 Å². The second-order valence-corrected chi connectivity index (χ2v) is 14.0. The summed E-state index contributed by atoms with van der Waals surface area (Å²) in [5.41, 5.74) is 1.23. The first-order valence-corrected chi connectivity index (χ1v) is 17.0. The van der Waals surface area contributed by atoms with Gasteiger partial charge in [-0.25, -0.2) is 0 Å². The number of hydrogen-bond donors (Lipinski definition) is 2. The summed E-state index contributed by atoms with van der Waals surface area (Å²) in [6, 6.07) is 11.1. The Balaban J connectivity index is 0.000000250. The van der Waals surface area contributed by atoms with Crippen molar-refractivity contribution in [2.24, 2.45) is 35.5 Å². The number of amides is 2. The fourth-order valence-corrected chi connectivity index (χ4v) is 7.19. The predicted molar refractivity (Wildman–Crippen MR) is 184 cm³/mol. The molecule has 0 saturated heterocycles. The zero-order chi connectivity index (χ0) is 34.0. The monoisotopic (exact) mass is 638 g/mol. The summed E-state index contributed by atoms with van der Waals surface area (Å²) < 4.78 is 21.0. The van der Waals surface area contributed by atoms with Crippen molar-refractivity contribution >= 4 is 11.8 Å². The summed E-state index contributed by atoms with van der Waals surface area (Å²) >= 11 is 0. The van der Waals surface area contributed by atoms with Crippen LogP contribution in [0.25, 0.3) is 0 Å². The fraction of sp³-hybridized carbons (Fsp3) is 0.632. The van der Waals surface area contributed by atoms with E-state index in [0.717, 1.165) is 12.8 Å². The van der Waals surface area contributed by atoms with Gasteiger partial charge in [0.15, 0.2) is 23.0 Å². The highest BCUT2D eigenvalue weighted by Gasteiger charge is 2.33. The molecular weight excluding hydrogens is 580 g/mol. The Kier molecular flexibility index (Phi) is 14.1. The van der Waals surface area contributed by atoms with Gasteiger partial charge in [-0.15, -0.1) is 0 Å². The van der Waals surface area contributed by atoms with E-state index in [1.165, 1.54) is 25.7 Å². The summed E-state index contributed by atoms with van der Waals surface area (Å²) in [7, 11) is 6.34. The van der Waals surface area contributed by atoms with Crippen LogP contribution in [0.1, 0.15) is 101 Å². The molecule has 2 aliphatic rings. The van der Waals surface area contributed by atoms with Crippen molar-refractivity contribution in [3.8, 4) is 23.0 Å². The van der Waals surface area contributed by atoms with E-state index in [0.29, 0.717) is 69.6 Å². The maximum atomic E-state index is 12.6. The van der Waals surface area contributed by atoms with Crippen molar-refractivity contribution in [3.63, 3.8) is 0 Å². The molecule has 2 aromatic carbocycles. The predicted octanol–water partition coefficient (Wildman–Crippen LogP) is 7.79. The molecule has 8 nitrogen and oxygen atoms in total. The normalized spacial score (nSPS) is 24.3. The van der Waals surface area contributed by atoms with Gasteiger partial charge in [0.25, 0.3) is 11.8 Å². The summed E-state index contributed by atoms with van der Waals surface area (Å²) in [6.07, 6.45) is 7.01. The molecule has 0 unspecified atom stereocenters. The van der Waals surface area contributed by atoms with Gasteiger partial charge in [-0.1, -0.05) is 54.4 Å². The lowest BCUT2D eigenvalue weighted by molar-refractivity contribution is 0.0858. The zero-order valence-electron chi connectivity index (χ0n) is 29.8. The van der Waals surface area contributed by atoms with Gasteiger partial charge >= 0.3 is 0 Å². The molecule has 0 spiro atoms.